The first kappa shape index (κ1) is 24.0. The number of likely N-dealkylation sites (N-methyl/N-ethyl adjacent to an activating group) is 1. The molecule has 172 valence electrons. The lowest BCUT2D eigenvalue weighted by Gasteiger charge is -2.25. The monoisotopic (exact) mass is 436 g/mol. The van der Waals surface area contributed by atoms with E-state index in [4.69, 9.17) is 4.42 Å². The molecule has 3 rings (SSSR count). The van der Waals surface area contributed by atoms with Crippen LogP contribution in [0.3, 0.4) is 0 Å². The van der Waals surface area contributed by atoms with E-state index in [9.17, 15) is 9.59 Å². The molecule has 0 aliphatic carbocycles. The van der Waals surface area contributed by atoms with Gasteiger partial charge in [0.2, 0.25) is 11.3 Å². The highest BCUT2D eigenvalue weighted by Gasteiger charge is 2.17. The highest BCUT2D eigenvalue weighted by Crippen LogP contribution is 2.24. The van der Waals surface area contributed by atoms with Crippen molar-refractivity contribution in [2.45, 2.75) is 58.3 Å². The minimum absolute atomic E-state index is 0.0595. The molecule has 0 bridgehead atoms. The fraction of sp³-hybridized carbons (Fsp3) is 0.481. The second kappa shape index (κ2) is 11.8. The van der Waals surface area contributed by atoms with Crippen LogP contribution in [0.25, 0.3) is 21.9 Å². The Morgan fingerprint density at radius 2 is 1.53 bits per heavy atom. The largest absolute Gasteiger partial charge is 0.456 e. The van der Waals surface area contributed by atoms with Crippen LogP contribution in [0.1, 0.15) is 58.3 Å². The number of hydrogen-bond donors (Lipinski definition) is 0. The van der Waals surface area contributed by atoms with Crippen LogP contribution in [0.2, 0.25) is 0 Å². The number of hydrogen-bond acceptors (Lipinski definition) is 4. The highest BCUT2D eigenvalue weighted by molar-refractivity contribution is 5.97. The van der Waals surface area contributed by atoms with Crippen LogP contribution in [-0.2, 0) is 4.79 Å². The smallest absolute Gasteiger partial charge is 0.227 e. The summed E-state index contributed by atoms with van der Waals surface area (Å²) in [5.74, 6) is 0.116. The third-order valence-corrected chi connectivity index (χ3v) is 5.94. The van der Waals surface area contributed by atoms with Gasteiger partial charge in [0.25, 0.3) is 0 Å². The quantitative estimate of drug-likeness (QED) is 0.259. The van der Waals surface area contributed by atoms with Crippen molar-refractivity contribution >= 4 is 33.5 Å². The van der Waals surface area contributed by atoms with Gasteiger partial charge >= 0.3 is 0 Å². The van der Waals surface area contributed by atoms with E-state index in [1.54, 1.807) is 12.1 Å². The summed E-state index contributed by atoms with van der Waals surface area (Å²) in [5.41, 5.74) is 1.83. The number of amides is 1. The zero-order valence-electron chi connectivity index (χ0n) is 19.7. The molecule has 32 heavy (non-hydrogen) atoms. The number of nitrogens with zero attached hydrogens (tertiary/aromatic N) is 2. The molecule has 3 aromatic rings. The minimum atomic E-state index is -0.0595. The predicted molar refractivity (Wildman–Crippen MR) is 134 cm³/mol. The molecule has 0 radical (unpaired) electrons. The number of benzene rings is 2. The van der Waals surface area contributed by atoms with Gasteiger partial charge in [-0.05, 0) is 50.8 Å². The van der Waals surface area contributed by atoms with Gasteiger partial charge in [-0.2, -0.15) is 0 Å². The van der Waals surface area contributed by atoms with Crippen molar-refractivity contribution in [3.05, 3.63) is 52.7 Å². The van der Waals surface area contributed by atoms with Crippen LogP contribution >= 0.6 is 0 Å². The number of fused-ring (bicyclic) bond motifs is 2. The normalized spacial score (nSPS) is 11.5. The fourth-order valence-electron chi connectivity index (χ4n) is 4.03. The van der Waals surface area contributed by atoms with Crippen LogP contribution in [0, 0.1) is 0 Å². The Kier molecular flexibility index (Phi) is 8.86. The molecule has 0 N–H and O–H groups in total. The van der Waals surface area contributed by atoms with E-state index in [1.807, 2.05) is 49.3 Å². The van der Waals surface area contributed by atoms with E-state index in [2.05, 4.69) is 11.8 Å². The lowest BCUT2D eigenvalue weighted by Crippen LogP contribution is -2.36. The van der Waals surface area contributed by atoms with E-state index in [0.717, 1.165) is 25.1 Å². The number of anilines is 1. The molecule has 0 saturated heterocycles. The van der Waals surface area contributed by atoms with Crippen molar-refractivity contribution in [1.29, 1.82) is 0 Å². The zero-order chi connectivity index (χ0) is 22.9. The van der Waals surface area contributed by atoms with Gasteiger partial charge in [-0.25, -0.2) is 0 Å². The molecule has 0 saturated carbocycles. The molecular formula is C27H36N2O3. The first-order valence-electron chi connectivity index (χ1n) is 11.9. The molecule has 1 amide bonds. The summed E-state index contributed by atoms with van der Waals surface area (Å²) in [5, 5.41) is 1.08. The standard InChI is InChI=1S/C27H36N2O3/c1-4-5-6-7-8-9-10-15-26(30)29(19-18-28(2)3)21-16-17-25-23(20-21)27(31)22-13-11-12-14-24(22)32-25/h11-14,16-17,20H,4-10,15,18-19H2,1-3H3. The van der Waals surface area contributed by atoms with E-state index >= 15 is 0 Å². The third-order valence-electron chi connectivity index (χ3n) is 5.94. The maximum Gasteiger partial charge on any atom is 0.227 e. The van der Waals surface area contributed by atoms with Gasteiger partial charge in [-0.3, -0.25) is 9.59 Å². The molecule has 2 aromatic carbocycles. The lowest BCUT2D eigenvalue weighted by molar-refractivity contribution is -0.118. The number of carbonyl (C=O) groups is 1. The molecule has 0 atom stereocenters. The Labute approximate surface area is 191 Å². The van der Waals surface area contributed by atoms with Crippen LogP contribution in [0.5, 0.6) is 0 Å². The summed E-state index contributed by atoms with van der Waals surface area (Å²) in [6.45, 7) is 3.57. The molecule has 0 unspecified atom stereocenters. The van der Waals surface area contributed by atoms with Crippen molar-refractivity contribution in [3.8, 4) is 0 Å². The highest BCUT2D eigenvalue weighted by atomic mass is 16.3. The van der Waals surface area contributed by atoms with Gasteiger partial charge in [0.1, 0.15) is 11.2 Å². The van der Waals surface area contributed by atoms with Gasteiger partial charge in [0, 0.05) is 25.2 Å². The Bertz CT molecular complexity index is 1090. The Morgan fingerprint density at radius 1 is 0.844 bits per heavy atom. The summed E-state index contributed by atoms with van der Waals surface area (Å²) in [7, 11) is 4.00. The second-order valence-corrected chi connectivity index (χ2v) is 8.83. The van der Waals surface area contributed by atoms with Crippen LogP contribution in [-0.4, -0.2) is 38.0 Å². The number of rotatable bonds is 12. The van der Waals surface area contributed by atoms with Crippen molar-refractivity contribution in [3.63, 3.8) is 0 Å². The maximum absolute atomic E-state index is 13.1. The van der Waals surface area contributed by atoms with Gasteiger partial charge < -0.3 is 14.2 Å². The Balaban J connectivity index is 1.78. The van der Waals surface area contributed by atoms with E-state index in [0.29, 0.717) is 34.9 Å². The van der Waals surface area contributed by atoms with Gasteiger partial charge in [0.05, 0.1) is 10.8 Å². The molecule has 5 nitrogen and oxygen atoms in total. The average molecular weight is 437 g/mol. The minimum Gasteiger partial charge on any atom is -0.456 e. The van der Waals surface area contributed by atoms with Crippen LogP contribution in [0.15, 0.2) is 51.7 Å². The summed E-state index contributed by atoms with van der Waals surface area (Å²) >= 11 is 0. The Hall–Kier alpha value is -2.66. The van der Waals surface area contributed by atoms with E-state index in [1.165, 1.54) is 32.1 Å². The fourth-order valence-corrected chi connectivity index (χ4v) is 4.03. The summed E-state index contributed by atoms with van der Waals surface area (Å²) < 4.78 is 5.93. The molecule has 0 aliphatic heterocycles. The number of carbonyl (C=O) groups excluding carboxylic acids is 1. The van der Waals surface area contributed by atoms with Crippen molar-refractivity contribution < 1.29 is 9.21 Å². The van der Waals surface area contributed by atoms with Crippen molar-refractivity contribution in [1.82, 2.24) is 4.90 Å². The number of para-hydroxylation sites is 1. The maximum atomic E-state index is 13.1. The second-order valence-electron chi connectivity index (χ2n) is 8.83. The molecule has 0 fully saturated rings. The molecule has 0 aliphatic rings. The third kappa shape index (κ3) is 6.19. The van der Waals surface area contributed by atoms with Gasteiger partial charge in [0.15, 0.2) is 0 Å². The molecule has 1 heterocycles. The summed E-state index contributed by atoms with van der Waals surface area (Å²) in [4.78, 5) is 30.1. The summed E-state index contributed by atoms with van der Waals surface area (Å²) in [6.07, 6.45) is 8.80. The molecule has 5 heteroatoms. The first-order chi connectivity index (χ1) is 15.5. The topological polar surface area (TPSA) is 53.8 Å². The van der Waals surface area contributed by atoms with E-state index < -0.39 is 0 Å². The predicted octanol–water partition coefficient (Wildman–Crippen LogP) is 5.98. The van der Waals surface area contributed by atoms with E-state index in [-0.39, 0.29) is 11.3 Å². The summed E-state index contributed by atoms with van der Waals surface area (Å²) in [6, 6.07) is 12.8. The average Bonchev–Trinajstić information content (AvgIpc) is 2.79. The van der Waals surface area contributed by atoms with Gasteiger partial charge in [-0.15, -0.1) is 0 Å². The van der Waals surface area contributed by atoms with Crippen molar-refractivity contribution in [2.75, 3.05) is 32.1 Å². The van der Waals surface area contributed by atoms with Crippen LogP contribution in [0.4, 0.5) is 5.69 Å². The SMILES string of the molecule is CCCCCCCCCC(=O)N(CCN(C)C)c1ccc2oc3ccccc3c(=O)c2c1. The molecule has 1 aromatic heterocycles. The number of unbranched alkanes of at least 4 members (excludes halogenated alkanes) is 6. The molecular weight excluding hydrogens is 400 g/mol. The zero-order valence-corrected chi connectivity index (χ0v) is 19.7. The first-order valence-corrected chi connectivity index (χ1v) is 11.9. The van der Waals surface area contributed by atoms with Crippen molar-refractivity contribution in [2.24, 2.45) is 0 Å². The Morgan fingerprint density at radius 3 is 2.28 bits per heavy atom. The molecule has 0 spiro atoms. The lowest BCUT2D eigenvalue weighted by atomic mass is 10.1. The van der Waals surface area contributed by atoms with Crippen LogP contribution < -0.4 is 10.3 Å². The van der Waals surface area contributed by atoms with Gasteiger partial charge in [-0.1, -0.05) is 57.6 Å².